The topological polar surface area (TPSA) is 8.17 Å². The minimum Gasteiger partial charge on any atom is -0.350 e. The number of alkyl halides is 3. The summed E-state index contributed by atoms with van der Waals surface area (Å²) in [4.78, 5) is 2.36. The number of rotatable bonds is 3. The molecule has 1 aliphatic rings. The molecule has 27 heavy (non-hydrogen) atoms. The van der Waals surface area contributed by atoms with Crippen LogP contribution in [0.3, 0.4) is 0 Å². The summed E-state index contributed by atoms with van der Waals surface area (Å²) in [6, 6.07) is 19.8. The first-order valence-corrected chi connectivity index (χ1v) is 9.12. The lowest BCUT2D eigenvalue weighted by Crippen LogP contribution is -2.29. The Bertz CT molecular complexity index is 882. The van der Waals surface area contributed by atoms with Crippen molar-refractivity contribution in [3.63, 3.8) is 0 Å². The summed E-state index contributed by atoms with van der Waals surface area (Å²) in [5.74, 6) is 0. The highest BCUT2D eigenvalue weighted by atomic mass is 19.4. The quantitative estimate of drug-likeness (QED) is 0.591. The average Bonchev–Trinajstić information content (AvgIpc) is 3.04. The van der Waals surface area contributed by atoms with Gasteiger partial charge in [-0.1, -0.05) is 42.5 Å². The third-order valence-corrected chi connectivity index (χ3v) is 5.14. The number of fused-ring (bicyclic) bond motifs is 1. The highest BCUT2D eigenvalue weighted by Gasteiger charge is 2.32. The minimum atomic E-state index is -4.31. The summed E-state index contributed by atoms with van der Waals surface area (Å²) in [6.07, 6.45) is -1.25. The van der Waals surface area contributed by atoms with Gasteiger partial charge in [-0.05, 0) is 41.8 Å². The molecule has 1 aliphatic heterocycles. The van der Waals surface area contributed by atoms with Crippen LogP contribution in [-0.2, 0) is 19.3 Å². The van der Waals surface area contributed by atoms with Gasteiger partial charge in [0.1, 0.15) is 0 Å². The molecule has 0 saturated carbocycles. The van der Waals surface area contributed by atoms with Crippen molar-refractivity contribution >= 4 is 0 Å². The zero-order valence-electron chi connectivity index (χ0n) is 14.9. The number of nitrogens with zero attached hydrogens (tertiary/aromatic N) is 2. The van der Waals surface area contributed by atoms with Gasteiger partial charge < -0.3 is 4.57 Å². The third kappa shape index (κ3) is 3.78. The average molecular weight is 370 g/mol. The van der Waals surface area contributed by atoms with E-state index in [1.165, 1.54) is 17.7 Å². The van der Waals surface area contributed by atoms with Crippen LogP contribution in [0.5, 0.6) is 0 Å². The van der Waals surface area contributed by atoms with Gasteiger partial charge in [0.25, 0.3) is 0 Å². The predicted molar refractivity (Wildman–Crippen MR) is 99.2 cm³/mol. The first-order valence-electron chi connectivity index (χ1n) is 9.12. The highest BCUT2D eigenvalue weighted by Crippen LogP contribution is 2.35. The van der Waals surface area contributed by atoms with Gasteiger partial charge in [0, 0.05) is 31.5 Å². The highest BCUT2D eigenvalue weighted by molar-refractivity contribution is 5.33. The summed E-state index contributed by atoms with van der Waals surface area (Å²) in [6.45, 7) is 2.57. The largest absolute Gasteiger partial charge is 0.416 e. The molecule has 2 heterocycles. The van der Waals surface area contributed by atoms with Gasteiger partial charge in [0.2, 0.25) is 0 Å². The number of hydrogen-bond acceptors (Lipinski definition) is 1. The van der Waals surface area contributed by atoms with E-state index in [1.807, 2.05) is 24.3 Å². The van der Waals surface area contributed by atoms with E-state index in [0.29, 0.717) is 0 Å². The first-order chi connectivity index (χ1) is 13.0. The molecule has 0 N–H and O–H groups in total. The molecule has 0 unspecified atom stereocenters. The van der Waals surface area contributed by atoms with Gasteiger partial charge >= 0.3 is 6.18 Å². The molecule has 4 rings (SSSR count). The Hall–Kier alpha value is -2.53. The van der Waals surface area contributed by atoms with Gasteiger partial charge in [-0.25, -0.2) is 0 Å². The van der Waals surface area contributed by atoms with E-state index in [2.05, 4.69) is 33.9 Å². The van der Waals surface area contributed by atoms with E-state index >= 15 is 0 Å². The van der Waals surface area contributed by atoms with Crippen molar-refractivity contribution in [3.05, 3.63) is 95.3 Å². The third-order valence-electron chi connectivity index (χ3n) is 5.14. The zero-order chi connectivity index (χ0) is 18.9. The van der Waals surface area contributed by atoms with Gasteiger partial charge in [0.15, 0.2) is 0 Å². The van der Waals surface area contributed by atoms with Crippen molar-refractivity contribution in [2.75, 3.05) is 6.54 Å². The second-order valence-corrected chi connectivity index (χ2v) is 6.96. The van der Waals surface area contributed by atoms with Gasteiger partial charge in [-0.3, -0.25) is 4.90 Å². The second-order valence-electron chi connectivity index (χ2n) is 6.96. The van der Waals surface area contributed by atoms with E-state index in [9.17, 15) is 13.2 Å². The molecule has 0 radical (unpaired) electrons. The first kappa shape index (κ1) is 17.9. The van der Waals surface area contributed by atoms with E-state index < -0.39 is 11.7 Å². The van der Waals surface area contributed by atoms with Crippen molar-refractivity contribution < 1.29 is 13.2 Å². The molecule has 0 spiro atoms. The van der Waals surface area contributed by atoms with Crippen LogP contribution in [0.15, 0.2) is 72.9 Å². The lowest BCUT2D eigenvalue weighted by molar-refractivity contribution is -0.137. The minimum absolute atomic E-state index is 0.0648. The smallest absolute Gasteiger partial charge is 0.350 e. The Morgan fingerprint density at radius 1 is 0.852 bits per heavy atom. The lowest BCUT2D eigenvalue weighted by atomic mass is 9.99. The predicted octanol–water partition coefficient (Wildman–Crippen LogP) is 5.50. The summed E-state index contributed by atoms with van der Waals surface area (Å²) < 4.78 is 41.1. The molecule has 2 aromatic carbocycles. The molecule has 5 heteroatoms. The molecule has 140 valence electrons. The maximum atomic E-state index is 13.0. The normalized spacial score (nSPS) is 18.1. The maximum Gasteiger partial charge on any atom is 0.416 e. The van der Waals surface area contributed by atoms with Crippen molar-refractivity contribution in [1.29, 1.82) is 0 Å². The van der Waals surface area contributed by atoms with E-state index in [4.69, 9.17) is 0 Å². The SMILES string of the molecule is FC(F)(F)c1ccc([C@@H]2c3cccn3CCCN2Cc2ccccc2)cc1. The number of halogens is 3. The molecule has 0 saturated heterocycles. The summed E-state index contributed by atoms with van der Waals surface area (Å²) in [5.41, 5.74) is 2.61. The molecular formula is C22H21F3N2. The maximum absolute atomic E-state index is 13.0. The number of hydrogen-bond donors (Lipinski definition) is 0. The molecule has 0 amide bonds. The fourth-order valence-electron chi connectivity index (χ4n) is 3.86. The van der Waals surface area contributed by atoms with Crippen LogP contribution in [-0.4, -0.2) is 16.0 Å². The van der Waals surface area contributed by atoms with Crippen LogP contribution in [0.4, 0.5) is 13.2 Å². The van der Waals surface area contributed by atoms with Crippen LogP contribution < -0.4 is 0 Å². The molecule has 2 nitrogen and oxygen atoms in total. The fraction of sp³-hybridized carbons (Fsp3) is 0.273. The molecule has 3 aromatic rings. The molecule has 0 aliphatic carbocycles. The lowest BCUT2D eigenvalue weighted by Gasteiger charge is -2.31. The summed E-state index contributed by atoms with van der Waals surface area (Å²) in [5, 5.41) is 0. The van der Waals surface area contributed by atoms with E-state index in [0.717, 1.165) is 37.3 Å². The van der Waals surface area contributed by atoms with Crippen LogP contribution in [0.2, 0.25) is 0 Å². The fourth-order valence-corrected chi connectivity index (χ4v) is 3.86. The van der Waals surface area contributed by atoms with Crippen LogP contribution in [0, 0.1) is 0 Å². The molecule has 1 atom stereocenters. The van der Waals surface area contributed by atoms with Crippen molar-refractivity contribution in [2.24, 2.45) is 0 Å². The van der Waals surface area contributed by atoms with Gasteiger partial charge in [-0.2, -0.15) is 13.2 Å². The van der Waals surface area contributed by atoms with Gasteiger partial charge in [-0.15, -0.1) is 0 Å². The van der Waals surface area contributed by atoms with Gasteiger partial charge in [0.05, 0.1) is 11.6 Å². The Balaban J connectivity index is 1.72. The van der Waals surface area contributed by atoms with Crippen molar-refractivity contribution in [2.45, 2.75) is 31.7 Å². The Morgan fingerprint density at radius 3 is 2.30 bits per heavy atom. The summed E-state index contributed by atoms with van der Waals surface area (Å²) in [7, 11) is 0. The Morgan fingerprint density at radius 2 is 1.59 bits per heavy atom. The Labute approximate surface area is 156 Å². The second kappa shape index (κ2) is 7.24. The molecular weight excluding hydrogens is 349 g/mol. The molecule has 1 aromatic heterocycles. The number of aryl methyl sites for hydroxylation is 1. The standard InChI is InChI=1S/C22H21F3N2/c23-22(24,25)19-11-9-18(10-12-19)21-20-8-4-13-26(20)14-5-15-27(21)16-17-6-2-1-3-7-17/h1-4,6-13,21H,5,14-16H2/t21-/m1/s1. The van der Waals surface area contributed by atoms with E-state index in [1.54, 1.807) is 12.1 Å². The summed E-state index contributed by atoms with van der Waals surface area (Å²) >= 11 is 0. The van der Waals surface area contributed by atoms with Crippen LogP contribution >= 0.6 is 0 Å². The van der Waals surface area contributed by atoms with Crippen molar-refractivity contribution in [3.8, 4) is 0 Å². The molecule has 0 fully saturated rings. The number of benzene rings is 2. The monoisotopic (exact) mass is 370 g/mol. The molecule has 0 bridgehead atoms. The zero-order valence-corrected chi connectivity index (χ0v) is 14.9. The van der Waals surface area contributed by atoms with Crippen LogP contribution in [0.25, 0.3) is 0 Å². The number of aromatic nitrogens is 1. The van der Waals surface area contributed by atoms with Crippen molar-refractivity contribution in [1.82, 2.24) is 9.47 Å². The van der Waals surface area contributed by atoms with Crippen LogP contribution in [0.1, 0.15) is 34.8 Å². The van der Waals surface area contributed by atoms with E-state index in [-0.39, 0.29) is 6.04 Å². The Kier molecular flexibility index (Phi) is 4.79.